The highest BCUT2D eigenvalue weighted by Crippen LogP contribution is 2.42. The van der Waals surface area contributed by atoms with Crippen LogP contribution in [0.4, 0.5) is 35.1 Å². The summed E-state index contributed by atoms with van der Waals surface area (Å²) >= 11 is 5.82. The Hall–Kier alpha value is -4.48. The van der Waals surface area contributed by atoms with Crippen molar-refractivity contribution in [3.8, 4) is 45.1 Å². The van der Waals surface area contributed by atoms with Crippen LogP contribution in [0.25, 0.3) is 39.4 Å². The minimum Gasteiger partial charge on any atom is -0.440 e. The average molecular weight is 708 g/mol. The molecule has 0 bridgehead atoms. The van der Waals surface area contributed by atoms with Crippen molar-refractivity contribution < 1.29 is 57.8 Å². The Morgan fingerprint density at radius 1 is 1.00 bits per heavy atom. The molecular weight excluding hydrogens is 690 g/mol. The number of ether oxygens (including phenoxy) is 1. The molecule has 0 aliphatic carbocycles. The Morgan fingerprint density at radius 3 is 2.19 bits per heavy atom. The molecule has 0 fully saturated rings. The zero-order valence-corrected chi connectivity index (χ0v) is 25.2. The van der Waals surface area contributed by atoms with Gasteiger partial charge in [0.05, 0.1) is 28.4 Å². The minimum atomic E-state index is -4.97. The Balaban J connectivity index is 1.79. The van der Waals surface area contributed by atoms with Gasteiger partial charge in [0.1, 0.15) is 11.5 Å². The summed E-state index contributed by atoms with van der Waals surface area (Å²) in [6, 6.07) is 6.90. The van der Waals surface area contributed by atoms with Gasteiger partial charge >= 0.3 is 12.8 Å². The van der Waals surface area contributed by atoms with Crippen LogP contribution >= 0.6 is 11.6 Å². The molecule has 248 valence electrons. The quantitative estimate of drug-likeness (QED) is 0.164. The van der Waals surface area contributed by atoms with E-state index in [0.29, 0.717) is 12.1 Å². The summed E-state index contributed by atoms with van der Waals surface area (Å²) in [6.07, 6.45) is -3.36. The van der Waals surface area contributed by atoms with Crippen LogP contribution in [0.15, 0.2) is 58.0 Å². The Kier molecular flexibility index (Phi) is 8.85. The molecule has 0 aliphatic heterocycles. The number of hydrogen-bond donors (Lipinski definition) is 1. The molecule has 47 heavy (non-hydrogen) atoms. The summed E-state index contributed by atoms with van der Waals surface area (Å²) in [7, 11) is -4.08. The van der Waals surface area contributed by atoms with Gasteiger partial charge in [0, 0.05) is 29.9 Å². The second-order valence-electron chi connectivity index (χ2n) is 9.92. The molecule has 0 spiro atoms. The van der Waals surface area contributed by atoms with Crippen LogP contribution in [-0.4, -0.2) is 41.2 Å². The monoisotopic (exact) mass is 707 g/mol. The zero-order chi connectivity index (χ0) is 34.6. The molecule has 0 radical (unpaired) electrons. The molecule has 8 nitrogen and oxygen atoms in total. The molecule has 0 saturated carbocycles. The summed E-state index contributed by atoms with van der Waals surface area (Å²) in [6.45, 7) is -3.18. The lowest BCUT2D eigenvalue weighted by Crippen LogP contribution is -2.08. The topological polar surface area (TPSA) is 107 Å². The van der Waals surface area contributed by atoms with E-state index in [1.165, 1.54) is 25.1 Å². The first kappa shape index (κ1) is 33.9. The lowest BCUT2D eigenvalue weighted by atomic mass is 9.97. The number of benzene rings is 3. The molecule has 1 N–H and O–H groups in total. The van der Waals surface area contributed by atoms with Crippen molar-refractivity contribution in [1.82, 2.24) is 14.8 Å². The fourth-order valence-corrected chi connectivity index (χ4v) is 5.92. The molecule has 18 heteroatoms. The molecule has 3 aromatic carbocycles. The van der Waals surface area contributed by atoms with Crippen molar-refractivity contribution in [2.75, 3.05) is 6.26 Å². The summed E-state index contributed by atoms with van der Waals surface area (Å²) in [5, 5.41) is 12.3. The van der Waals surface area contributed by atoms with Crippen molar-refractivity contribution in [3.05, 3.63) is 88.3 Å². The molecular formula is C29H18ClF8N3O5S. The summed E-state index contributed by atoms with van der Waals surface area (Å²) < 4.78 is 146. The molecule has 0 aliphatic rings. The first-order valence-corrected chi connectivity index (χ1v) is 15.2. The van der Waals surface area contributed by atoms with E-state index < -0.39 is 73.6 Å². The van der Waals surface area contributed by atoms with Gasteiger partial charge in [-0.1, -0.05) is 17.7 Å². The van der Waals surface area contributed by atoms with E-state index in [1.807, 2.05) is 0 Å². The number of rotatable bonds is 8. The minimum absolute atomic E-state index is 0.0596. The van der Waals surface area contributed by atoms with E-state index in [-0.39, 0.29) is 45.3 Å². The van der Waals surface area contributed by atoms with E-state index in [4.69, 9.17) is 16.0 Å². The molecule has 2 heterocycles. The number of hydrogen-bond acceptors (Lipinski definition) is 7. The van der Waals surface area contributed by atoms with Crippen LogP contribution in [-0.2, 0) is 22.6 Å². The van der Waals surface area contributed by atoms with Gasteiger partial charge < -0.3 is 14.3 Å². The van der Waals surface area contributed by atoms with Gasteiger partial charge in [-0.05, 0) is 47.5 Å². The number of aliphatic hydroxyl groups is 1. The van der Waals surface area contributed by atoms with E-state index >= 15 is 4.39 Å². The number of alkyl halides is 5. The number of aromatic nitrogens is 3. The summed E-state index contributed by atoms with van der Waals surface area (Å²) in [4.78, 5) is 3.58. The molecule has 0 amide bonds. The summed E-state index contributed by atoms with van der Waals surface area (Å²) in [5.74, 6) is -5.99. The third-order valence-electron chi connectivity index (χ3n) is 6.68. The largest absolute Gasteiger partial charge is 0.440 e. The second kappa shape index (κ2) is 12.3. The highest BCUT2D eigenvalue weighted by atomic mass is 35.5. The van der Waals surface area contributed by atoms with Gasteiger partial charge in [0.15, 0.2) is 44.6 Å². The van der Waals surface area contributed by atoms with Crippen molar-refractivity contribution in [2.45, 2.75) is 31.2 Å². The van der Waals surface area contributed by atoms with Crippen molar-refractivity contribution in [3.63, 3.8) is 0 Å². The van der Waals surface area contributed by atoms with Gasteiger partial charge in [-0.2, -0.15) is 27.1 Å². The highest BCUT2D eigenvalue weighted by Gasteiger charge is 2.37. The third-order valence-corrected chi connectivity index (χ3v) is 8.12. The second-order valence-corrected chi connectivity index (χ2v) is 12.3. The Labute approximate surface area is 264 Å². The van der Waals surface area contributed by atoms with E-state index in [2.05, 4.69) is 14.8 Å². The van der Waals surface area contributed by atoms with Gasteiger partial charge in [-0.15, -0.1) is 0 Å². The van der Waals surface area contributed by atoms with Crippen LogP contribution in [0, 0.1) is 24.4 Å². The average Bonchev–Trinajstić information content (AvgIpc) is 3.56. The van der Waals surface area contributed by atoms with Crippen LogP contribution in [0.1, 0.15) is 17.1 Å². The normalized spacial score (nSPS) is 12.3. The number of halogens is 9. The molecule has 2 aromatic heterocycles. The fraction of sp³-hybridized carbons (Fsp3) is 0.172. The number of aryl methyl sites for hydroxylation is 1. The third kappa shape index (κ3) is 6.68. The number of aliphatic hydroxyl groups excluding tert-OH is 1. The highest BCUT2D eigenvalue weighted by molar-refractivity contribution is 7.90. The number of nitrogens with zero attached hydrogens (tertiary/aromatic N) is 3. The molecule has 5 aromatic rings. The lowest BCUT2D eigenvalue weighted by Gasteiger charge is -2.14. The van der Waals surface area contributed by atoms with E-state index in [9.17, 15) is 44.3 Å². The van der Waals surface area contributed by atoms with Crippen LogP contribution in [0.2, 0.25) is 5.02 Å². The maximum atomic E-state index is 15.0. The van der Waals surface area contributed by atoms with E-state index in [0.717, 1.165) is 29.3 Å². The smallest absolute Gasteiger partial charge is 0.436 e. The van der Waals surface area contributed by atoms with Gasteiger partial charge in [0.2, 0.25) is 0 Å². The van der Waals surface area contributed by atoms with Gasteiger partial charge in [0.25, 0.3) is 0 Å². The van der Waals surface area contributed by atoms with Crippen LogP contribution < -0.4 is 4.74 Å². The maximum absolute atomic E-state index is 15.0. The van der Waals surface area contributed by atoms with Crippen molar-refractivity contribution in [1.29, 1.82) is 0 Å². The molecule has 0 unspecified atom stereocenters. The SMILES string of the molecule is Cc1nc(-c2cc(F)c(OC(F)F)c(F)c2)c(-c2cc(-c3cc(F)c(CO)c(S(C)(=O)=O)c3)ccc2-n2cc(Cl)c(C(F)(F)F)n2)o1. The van der Waals surface area contributed by atoms with Crippen molar-refractivity contribution in [2.24, 2.45) is 0 Å². The number of oxazole rings is 1. The van der Waals surface area contributed by atoms with E-state index in [1.54, 1.807) is 0 Å². The number of sulfone groups is 1. The first-order valence-electron chi connectivity index (χ1n) is 12.9. The van der Waals surface area contributed by atoms with Crippen LogP contribution in [0.3, 0.4) is 0 Å². The standard InChI is InChI=1S/C29H18ClF8N3O5S/c1-12-39-24(15-7-20(32)26(21(33)8-15)46-28(34)35)25(45-12)16-5-13(14-6-19(31)17(11-42)23(9-14)47(2,43)44)3-4-22(16)41-10-18(30)27(40-41)29(36,37)38/h3-10,28,42H,11H2,1-2H3. The first-order chi connectivity index (χ1) is 21.9. The molecule has 0 atom stereocenters. The van der Waals surface area contributed by atoms with Gasteiger partial charge in [-0.25, -0.2) is 31.3 Å². The zero-order valence-electron chi connectivity index (χ0n) is 23.6. The summed E-state index contributed by atoms with van der Waals surface area (Å²) in [5.41, 5.74) is -2.97. The van der Waals surface area contributed by atoms with Crippen LogP contribution in [0.5, 0.6) is 5.75 Å². The maximum Gasteiger partial charge on any atom is 0.436 e. The Bertz CT molecular complexity index is 2110. The Morgan fingerprint density at radius 2 is 1.64 bits per heavy atom. The predicted molar refractivity (Wildman–Crippen MR) is 150 cm³/mol. The van der Waals surface area contributed by atoms with Gasteiger partial charge in [-0.3, -0.25) is 0 Å². The fourth-order valence-electron chi connectivity index (χ4n) is 4.73. The molecule has 0 saturated heterocycles. The molecule has 5 rings (SSSR count). The van der Waals surface area contributed by atoms with Crippen molar-refractivity contribution >= 4 is 21.4 Å². The lowest BCUT2D eigenvalue weighted by molar-refractivity contribution is -0.141. The predicted octanol–water partition coefficient (Wildman–Crippen LogP) is 7.76.